The fraction of sp³-hybridized carbons (Fsp3) is 1.00. The summed E-state index contributed by atoms with van der Waals surface area (Å²) in [6, 6.07) is 1.71. The molecule has 1 unspecified atom stereocenters. The Bertz CT molecular complexity index is 216. The number of hydrogen-bond donors (Lipinski definition) is 1. The van der Waals surface area contributed by atoms with Crippen LogP contribution in [0.25, 0.3) is 0 Å². The lowest BCUT2D eigenvalue weighted by Crippen LogP contribution is -2.39. The Morgan fingerprint density at radius 3 is 2.65 bits per heavy atom. The van der Waals surface area contributed by atoms with Gasteiger partial charge in [-0.25, -0.2) is 0 Å². The maximum atomic E-state index is 3.73. The van der Waals surface area contributed by atoms with Gasteiger partial charge in [-0.15, -0.1) is 0 Å². The molecule has 1 aliphatic heterocycles. The minimum Gasteiger partial charge on any atom is -0.311 e. The van der Waals surface area contributed by atoms with Crippen molar-refractivity contribution >= 4 is 0 Å². The van der Waals surface area contributed by atoms with Crippen LogP contribution in [0.4, 0.5) is 0 Å². The summed E-state index contributed by atoms with van der Waals surface area (Å²) in [5.74, 6) is 0. The second kappa shape index (κ2) is 6.72. The third kappa shape index (κ3) is 4.23. The normalized spacial score (nSPS) is 25.9. The molecule has 100 valence electrons. The zero-order chi connectivity index (χ0) is 12.1. The van der Waals surface area contributed by atoms with Crippen molar-refractivity contribution in [2.75, 3.05) is 39.3 Å². The smallest absolute Gasteiger partial charge is 0.0207 e. The van der Waals surface area contributed by atoms with E-state index in [1.807, 2.05) is 0 Å². The van der Waals surface area contributed by atoms with E-state index in [1.165, 1.54) is 58.4 Å². The summed E-state index contributed by atoms with van der Waals surface area (Å²) >= 11 is 0. The Balaban J connectivity index is 1.55. The lowest BCUT2D eigenvalue weighted by molar-refractivity contribution is 0.278. The van der Waals surface area contributed by atoms with Gasteiger partial charge in [0.15, 0.2) is 0 Å². The molecule has 0 bridgehead atoms. The molecule has 2 aliphatic rings. The summed E-state index contributed by atoms with van der Waals surface area (Å²) in [6.45, 7) is 12.0. The van der Waals surface area contributed by atoms with Gasteiger partial charge in [0.1, 0.15) is 0 Å². The predicted octanol–water partition coefficient (Wildman–Crippen LogP) is 1.54. The van der Waals surface area contributed by atoms with E-state index in [2.05, 4.69) is 29.0 Å². The van der Waals surface area contributed by atoms with Crippen LogP contribution in [0.1, 0.15) is 39.5 Å². The van der Waals surface area contributed by atoms with Crippen LogP contribution in [-0.4, -0.2) is 61.2 Å². The van der Waals surface area contributed by atoms with Gasteiger partial charge in [0.25, 0.3) is 0 Å². The first-order valence-electron chi connectivity index (χ1n) is 7.53. The second-order valence-corrected chi connectivity index (χ2v) is 5.60. The molecule has 0 aromatic carbocycles. The van der Waals surface area contributed by atoms with Crippen molar-refractivity contribution < 1.29 is 0 Å². The molecule has 3 nitrogen and oxygen atoms in total. The molecule has 17 heavy (non-hydrogen) atoms. The molecule has 1 saturated carbocycles. The Labute approximate surface area is 107 Å². The van der Waals surface area contributed by atoms with Crippen LogP contribution in [0.5, 0.6) is 0 Å². The average molecular weight is 239 g/mol. The summed E-state index contributed by atoms with van der Waals surface area (Å²) in [6.07, 6.45) is 5.53. The monoisotopic (exact) mass is 239 g/mol. The molecule has 3 heteroatoms. The molecule has 0 aromatic heterocycles. The first kappa shape index (κ1) is 13.3. The lowest BCUT2D eigenvalue weighted by atomic mass is 10.2. The van der Waals surface area contributed by atoms with Crippen molar-refractivity contribution in [1.82, 2.24) is 15.1 Å². The van der Waals surface area contributed by atoms with Crippen molar-refractivity contribution in [3.63, 3.8) is 0 Å². The second-order valence-electron chi connectivity index (χ2n) is 5.60. The van der Waals surface area contributed by atoms with Crippen LogP contribution in [0.3, 0.4) is 0 Å². The van der Waals surface area contributed by atoms with Crippen molar-refractivity contribution in [3.05, 3.63) is 0 Å². The van der Waals surface area contributed by atoms with Gasteiger partial charge in [-0.1, -0.05) is 13.8 Å². The van der Waals surface area contributed by atoms with E-state index in [0.717, 1.165) is 18.6 Å². The molecule has 0 radical (unpaired) electrons. The Kier molecular flexibility index (Phi) is 5.26. The highest BCUT2D eigenvalue weighted by atomic mass is 15.2. The predicted molar refractivity (Wildman–Crippen MR) is 73.4 cm³/mol. The number of nitrogens with zero attached hydrogens (tertiary/aromatic N) is 2. The molecule has 0 aromatic rings. The zero-order valence-electron chi connectivity index (χ0n) is 11.6. The number of likely N-dealkylation sites (tertiary alicyclic amines) is 1. The van der Waals surface area contributed by atoms with Crippen molar-refractivity contribution in [1.29, 1.82) is 0 Å². The maximum Gasteiger partial charge on any atom is 0.0207 e. The minimum absolute atomic E-state index is 0.760. The SMILES string of the molecule is CCCN(CC)CCNC1CCN(C2CC2)C1. The average Bonchev–Trinajstić information content (AvgIpc) is 3.09. The molecule has 1 saturated heterocycles. The van der Waals surface area contributed by atoms with Crippen molar-refractivity contribution in [2.24, 2.45) is 0 Å². The number of rotatable bonds is 8. The van der Waals surface area contributed by atoms with Crippen molar-refractivity contribution in [3.8, 4) is 0 Å². The first-order chi connectivity index (χ1) is 8.33. The van der Waals surface area contributed by atoms with Gasteiger partial charge in [0.05, 0.1) is 0 Å². The summed E-state index contributed by atoms with van der Waals surface area (Å²) in [7, 11) is 0. The number of likely N-dealkylation sites (N-methyl/N-ethyl adjacent to an activating group) is 1. The molecular formula is C14H29N3. The first-order valence-corrected chi connectivity index (χ1v) is 7.53. The third-order valence-corrected chi connectivity index (χ3v) is 4.13. The van der Waals surface area contributed by atoms with Gasteiger partial charge in [-0.2, -0.15) is 0 Å². The van der Waals surface area contributed by atoms with E-state index in [0.29, 0.717) is 0 Å². The van der Waals surface area contributed by atoms with E-state index in [-0.39, 0.29) is 0 Å². The van der Waals surface area contributed by atoms with Gasteiger partial charge < -0.3 is 10.2 Å². The minimum atomic E-state index is 0.760. The van der Waals surface area contributed by atoms with Crippen LogP contribution >= 0.6 is 0 Å². The largest absolute Gasteiger partial charge is 0.311 e. The van der Waals surface area contributed by atoms with Gasteiger partial charge in [0, 0.05) is 38.3 Å². The molecule has 1 aliphatic carbocycles. The van der Waals surface area contributed by atoms with Gasteiger partial charge in [-0.3, -0.25) is 4.90 Å². The summed E-state index contributed by atoms with van der Waals surface area (Å²) in [5.41, 5.74) is 0. The number of nitrogens with one attached hydrogen (secondary N) is 1. The topological polar surface area (TPSA) is 18.5 Å². The summed E-state index contributed by atoms with van der Waals surface area (Å²) in [5, 5.41) is 3.73. The molecule has 1 heterocycles. The third-order valence-electron chi connectivity index (χ3n) is 4.13. The molecular weight excluding hydrogens is 210 g/mol. The van der Waals surface area contributed by atoms with Crippen LogP contribution in [0.2, 0.25) is 0 Å². The Morgan fingerprint density at radius 2 is 2.00 bits per heavy atom. The molecule has 2 fully saturated rings. The van der Waals surface area contributed by atoms with Gasteiger partial charge in [-0.05, 0) is 38.8 Å². The van der Waals surface area contributed by atoms with E-state index >= 15 is 0 Å². The van der Waals surface area contributed by atoms with E-state index < -0.39 is 0 Å². The lowest BCUT2D eigenvalue weighted by Gasteiger charge is -2.21. The Morgan fingerprint density at radius 1 is 1.18 bits per heavy atom. The van der Waals surface area contributed by atoms with Crippen LogP contribution in [0.15, 0.2) is 0 Å². The van der Waals surface area contributed by atoms with E-state index in [9.17, 15) is 0 Å². The highest BCUT2D eigenvalue weighted by molar-refractivity contribution is 4.91. The summed E-state index contributed by atoms with van der Waals surface area (Å²) < 4.78 is 0. The zero-order valence-corrected chi connectivity index (χ0v) is 11.6. The molecule has 0 spiro atoms. The van der Waals surface area contributed by atoms with Crippen LogP contribution < -0.4 is 5.32 Å². The standard InChI is InChI=1S/C14H29N3/c1-3-9-16(4-2)11-8-15-13-7-10-17(12-13)14-5-6-14/h13-15H,3-12H2,1-2H3. The van der Waals surface area contributed by atoms with Gasteiger partial charge >= 0.3 is 0 Å². The van der Waals surface area contributed by atoms with Crippen LogP contribution in [-0.2, 0) is 0 Å². The van der Waals surface area contributed by atoms with Gasteiger partial charge in [0.2, 0.25) is 0 Å². The fourth-order valence-electron chi connectivity index (χ4n) is 2.90. The number of hydrogen-bond acceptors (Lipinski definition) is 3. The fourth-order valence-corrected chi connectivity index (χ4v) is 2.90. The molecule has 1 N–H and O–H groups in total. The van der Waals surface area contributed by atoms with E-state index in [4.69, 9.17) is 0 Å². The molecule has 0 amide bonds. The summed E-state index contributed by atoms with van der Waals surface area (Å²) in [4.78, 5) is 5.22. The highest BCUT2D eigenvalue weighted by Crippen LogP contribution is 2.29. The van der Waals surface area contributed by atoms with E-state index in [1.54, 1.807) is 0 Å². The van der Waals surface area contributed by atoms with Crippen LogP contribution in [0, 0.1) is 0 Å². The van der Waals surface area contributed by atoms with Crippen molar-refractivity contribution in [2.45, 2.75) is 51.6 Å². The quantitative estimate of drug-likeness (QED) is 0.693. The highest BCUT2D eigenvalue weighted by Gasteiger charge is 2.33. The molecule has 1 atom stereocenters. The maximum absolute atomic E-state index is 3.73. The Hall–Kier alpha value is -0.120. The molecule has 2 rings (SSSR count).